The highest BCUT2D eigenvalue weighted by Gasteiger charge is 2.22. The third-order valence-electron chi connectivity index (χ3n) is 5.31. The molecule has 0 aromatic heterocycles. The molecule has 0 N–H and O–H groups in total. The van der Waals surface area contributed by atoms with E-state index in [0.29, 0.717) is 59.8 Å². The first-order chi connectivity index (χ1) is 17.6. The number of halogens is 2. The molecular formula is C28H28Cl2O7. The van der Waals surface area contributed by atoms with Crippen LogP contribution in [0.1, 0.15) is 58.1 Å². The van der Waals surface area contributed by atoms with E-state index in [2.05, 4.69) is 0 Å². The molecule has 7 nitrogen and oxygen atoms in total. The standard InChI is InChI=1S/C28H28Cl2O7/c1-5-34-24-14-18(12-22(29)27(24)36-16(3)31)10-20-8-7-9-21(26(20)33)11-19-13-23(30)28(37-17(4)32)25(15-19)35-6-2/h10-15H,5-9H2,1-4H3/b20-10+,21-11+. The lowest BCUT2D eigenvalue weighted by molar-refractivity contribution is -0.132. The molecule has 1 aliphatic carbocycles. The molecule has 196 valence electrons. The SMILES string of the molecule is CCOc1cc(/C=C2\CCC/C(=C\c3cc(Cl)c(OC(C)=O)c(OCC)c3)C2=O)cc(Cl)c1OC(C)=O. The van der Waals surface area contributed by atoms with Gasteiger partial charge in [-0.15, -0.1) is 0 Å². The lowest BCUT2D eigenvalue weighted by Gasteiger charge is -2.18. The number of carbonyl (C=O) groups is 3. The van der Waals surface area contributed by atoms with Crippen molar-refractivity contribution >= 4 is 53.1 Å². The van der Waals surface area contributed by atoms with Gasteiger partial charge in [0.1, 0.15) is 0 Å². The van der Waals surface area contributed by atoms with Crippen molar-refractivity contribution in [2.75, 3.05) is 13.2 Å². The Morgan fingerprint density at radius 2 is 1.19 bits per heavy atom. The average Bonchev–Trinajstić information content (AvgIpc) is 2.81. The minimum absolute atomic E-state index is 0.0949. The first-order valence-corrected chi connectivity index (χ1v) is 12.6. The molecule has 37 heavy (non-hydrogen) atoms. The number of esters is 2. The van der Waals surface area contributed by atoms with Crippen LogP contribution in [0.15, 0.2) is 35.4 Å². The molecular weight excluding hydrogens is 519 g/mol. The summed E-state index contributed by atoms with van der Waals surface area (Å²) in [7, 11) is 0. The highest BCUT2D eigenvalue weighted by atomic mass is 35.5. The van der Waals surface area contributed by atoms with Crippen LogP contribution in [0.3, 0.4) is 0 Å². The largest absolute Gasteiger partial charge is 0.490 e. The van der Waals surface area contributed by atoms with Crippen molar-refractivity contribution < 1.29 is 33.3 Å². The highest BCUT2D eigenvalue weighted by Crippen LogP contribution is 2.40. The Bertz CT molecular complexity index is 1180. The summed E-state index contributed by atoms with van der Waals surface area (Å²) >= 11 is 12.7. The van der Waals surface area contributed by atoms with Gasteiger partial charge in [-0.2, -0.15) is 0 Å². The van der Waals surface area contributed by atoms with Gasteiger partial charge in [-0.1, -0.05) is 23.2 Å². The second kappa shape index (κ2) is 12.8. The van der Waals surface area contributed by atoms with E-state index in [0.717, 1.165) is 6.42 Å². The number of hydrogen-bond acceptors (Lipinski definition) is 7. The fourth-order valence-corrected chi connectivity index (χ4v) is 4.45. The van der Waals surface area contributed by atoms with Crippen LogP contribution in [0.4, 0.5) is 0 Å². The van der Waals surface area contributed by atoms with Gasteiger partial charge in [-0.05, 0) is 80.7 Å². The second-order valence-electron chi connectivity index (χ2n) is 8.24. The monoisotopic (exact) mass is 546 g/mol. The van der Waals surface area contributed by atoms with E-state index in [9.17, 15) is 14.4 Å². The van der Waals surface area contributed by atoms with Crippen molar-refractivity contribution in [1.29, 1.82) is 0 Å². The van der Waals surface area contributed by atoms with Crippen LogP contribution < -0.4 is 18.9 Å². The zero-order chi connectivity index (χ0) is 27.1. The van der Waals surface area contributed by atoms with Crippen LogP contribution in [-0.4, -0.2) is 30.9 Å². The Hall–Kier alpha value is -3.29. The maximum Gasteiger partial charge on any atom is 0.308 e. The van der Waals surface area contributed by atoms with Crippen molar-refractivity contribution in [1.82, 2.24) is 0 Å². The minimum atomic E-state index is -0.514. The second-order valence-corrected chi connectivity index (χ2v) is 9.05. The predicted octanol–water partition coefficient (Wildman–Crippen LogP) is 6.86. The van der Waals surface area contributed by atoms with Crippen LogP contribution in [0, 0.1) is 0 Å². The smallest absolute Gasteiger partial charge is 0.308 e. The number of benzene rings is 2. The Morgan fingerprint density at radius 3 is 1.54 bits per heavy atom. The van der Waals surface area contributed by atoms with E-state index >= 15 is 0 Å². The Morgan fingerprint density at radius 1 is 0.784 bits per heavy atom. The summed E-state index contributed by atoms with van der Waals surface area (Å²) < 4.78 is 21.6. The molecule has 2 aromatic carbocycles. The van der Waals surface area contributed by atoms with Crippen LogP contribution in [0.25, 0.3) is 12.2 Å². The van der Waals surface area contributed by atoms with Crippen LogP contribution >= 0.6 is 23.2 Å². The van der Waals surface area contributed by atoms with Gasteiger partial charge in [-0.3, -0.25) is 14.4 Å². The lowest BCUT2D eigenvalue weighted by Crippen LogP contribution is -2.12. The van der Waals surface area contributed by atoms with Gasteiger partial charge < -0.3 is 18.9 Å². The van der Waals surface area contributed by atoms with Gasteiger partial charge >= 0.3 is 11.9 Å². The molecule has 0 unspecified atom stereocenters. The van der Waals surface area contributed by atoms with Gasteiger partial charge in [0, 0.05) is 25.0 Å². The predicted molar refractivity (Wildman–Crippen MR) is 143 cm³/mol. The van der Waals surface area contributed by atoms with Crippen molar-refractivity contribution in [3.8, 4) is 23.0 Å². The molecule has 1 aliphatic rings. The van der Waals surface area contributed by atoms with Gasteiger partial charge in [0.25, 0.3) is 0 Å². The molecule has 1 saturated carbocycles. The summed E-state index contributed by atoms with van der Waals surface area (Å²) in [6.45, 7) is 6.87. The van der Waals surface area contributed by atoms with Gasteiger partial charge in [0.2, 0.25) is 0 Å². The van der Waals surface area contributed by atoms with E-state index < -0.39 is 11.9 Å². The molecule has 0 amide bonds. The Balaban J connectivity index is 1.96. The van der Waals surface area contributed by atoms with E-state index in [1.165, 1.54) is 13.8 Å². The third kappa shape index (κ3) is 7.37. The first kappa shape index (κ1) is 28.3. The van der Waals surface area contributed by atoms with Crippen molar-refractivity contribution in [3.05, 3.63) is 56.6 Å². The number of rotatable bonds is 8. The Labute approximate surface area is 225 Å². The number of ketones is 1. The van der Waals surface area contributed by atoms with Crippen LogP contribution in [-0.2, 0) is 14.4 Å². The quantitative estimate of drug-likeness (QED) is 0.203. The summed E-state index contributed by atoms with van der Waals surface area (Å²) in [5.74, 6) is -0.188. The summed E-state index contributed by atoms with van der Waals surface area (Å²) in [6.07, 6.45) is 5.51. The molecule has 0 atom stereocenters. The summed E-state index contributed by atoms with van der Waals surface area (Å²) in [5.41, 5.74) is 2.54. The van der Waals surface area contributed by atoms with Gasteiger partial charge in [0.15, 0.2) is 28.8 Å². The molecule has 3 rings (SSSR count). The topological polar surface area (TPSA) is 88.1 Å². The molecule has 0 bridgehead atoms. The summed E-state index contributed by atoms with van der Waals surface area (Å²) in [6, 6.07) is 6.63. The normalized spacial score (nSPS) is 15.6. The molecule has 9 heteroatoms. The Kier molecular flexibility index (Phi) is 9.78. The zero-order valence-corrected chi connectivity index (χ0v) is 22.6. The molecule has 1 fully saturated rings. The zero-order valence-electron chi connectivity index (χ0n) is 21.1. The molecule has 0 aliphatic heterocycles. The minimum Gasteiger partial charge on any atom is -0.490 e. The van der Waals surface area contributed by atoms with Crippen molar-refractivity contribution in [3.63, 3.8) is 0 Å². The molecule has 0 spiro atoms. The fraction of sp³-hybridized carbons (Fsp3) is 0.321. The fourth-order valence-electron chi connectivity index (χ4n) is 3.93. The maximum atomic E-state index is 13.3. The third-order valence-corrected chi connectivity index (χ3v) is 5.87. The van der Waals surface area contributed by atoms with Gasteiger partial charge in [0.05, 0.1) is 23.3 Å². The van der Waals surface area contributed by atoms with E-state index in [1.54, 1.807) is 50.3 Å². The lowest BCUT2D eigenvalue weighted by atomic mass is 9.87. The first-order valence-electron chi connectivity index (χ1n) is 11.9. The van der Waals surface area contributed by atoms with E-state index in [1.807, 2.05) is 0 Å². The molecule has 2 aromatic rings. The average molecular weight is 547 g/mol. The van der Waals surface area contributed by atoms with Crippen LogP contribution in [0.2, 0.25) is 10.0 Å². The number of carbonyl (C=O) groups excluding carboxylic acids is 3. The van der Waals surface area contributed by atoms with Crippen molar-refractivity contribution in [2.45, 2.75) is 47.0 Å². The van der Waals surface area contributed by atoms with Crippen LogP contribution in [0.5, 0.6) is 23.0 Å². The van der Waals surface area contributed by atoms with E-state index in [4.69, 9.17) is 42.1 Å². The summed E-state index contributed by atoms with van der Waals surface area (Å²) in [5, 5.41) is 0.413. The number of Topliss-reactive ketones (excluding diaryl/α,β-unsaturated/α-hetero) is 1. The summed E-state index contributed by atoms with van der Waals surface area (Å²) in [4.78, 5) is 36.3. The molecule has 0 saturated heterocycles. The molecule has 0 heterocycles. The molecule has 0 radical (unpaired) electrons. The van der Waals surface area contributed by atoms with E-state index in [-0.39, 0.29) is 27.3 Å². The van der Waals surface area contributed by atoms with Crippen molar-refractivity contribution in [2.24, 2.45) is 0 Å². The number of ether oxygens (including phenoxy) is 4. The number of hydrogen-bond donors (Lipinski definition) is 0. The van der Waals surface area contributed by atoms with Gasteiger partial charge in [-0.25, -0.2) is 0 Å². The number of allylic oxidation sites excluding steroid dienone is 2. The maximum absolute atomic E-state index is 13.3. The highest BCUT2D eigenvalue weighted by molar-refractivity contribution is 6.33.